The molecule has 2 aromatic carbocycles. The molecule has 2 fully saturated rings. The molecular formula is C24H24FN3O3. The average molecular weight is 421 g/mol. The number of benzene rings is 2. The molecule has 1 N–H and O–H groups in total. The molecule has 6 nitrogen and oxygen atoms in total. The predicted molar refractivity (Wildman–Crippen MR) is 118 cm³/mol. The third kappa shape index (κ3) is 3.95. The summed E-state index contributed by atoms with van der Waals surface area (Å²) in [5.41, 5.74) is 3.63. The summed E-state index contributed by atoms with van der Waals surface area (Å²) in [6, 6.07) is 7.61. The van der Waals surface area contributed by atoms with Gasteiger partial charge in [-0.05, 0) is 86.2 Å². The van der Waals surface area contributed by atoms with Crippen molar-refractivity contribution in [2.24, 2.45) is 0 Å². The average Bonchev–Trinajstić information content (AvgIpc) is 3.21. The van der Waals surface area contributed by atoms with Gasteiger partial charge in [0, 0.05) is 13.1 Å². The molecular weight excluding hydrogens is 397 g/mol. The number of aryl methyl sites for hydroxylation is 3. The number of anilines is 2. The van der Waals surface area contributed by atoms with Crippen molar-refractivity contribution in [2.45, 2.75) is 33.6 Å². The maximum absolute atomic E-state index is 14.8. The Morgan fingerprint density at radius 2 is 1.58 bits per heavy atom. The molecule has 4 rings (SSSR count). The molecule has 160 valence electrons. The summed E-state index contributed by atoms with van der Waals surface area (Å²) in [4.78, 5) is 40.9. The first-order chi connectivity index (χ1) is 14.7. The molecule has 2 heterocycles. The molecule has 7 heteroatoms. The molecule has 0 unspecified atom stereocenters. The summed E-state index contributed by atoms with van der Waals surface area (Å²) in [7, 11) is 0. The summed E-state index contributed by atoms with van der Waals surface area (Å²) in [6.45, 7) is 7.15. The van der Waals surface area contributed by atoms with E-state index >= 15 is 0 Å². The predicted octanol–water partition coefficient (Wildman–Crippen LogP) is 4.02. The quantitative estimate of drug-likeness (QED) is 0.600. The summed E-state index contributed by atoms with van der Waals surface area (Å²) in [5, 5.41) is 2.21. The first-order valence-electron chi connectivity index (χ1n) is 10.3. The van der Waals surface area contributed by atoms with Crippen LogP contribution < -0.4 is 15.1 Å². The van der Waals surface area contributed by atoms with Crippen LogP contribution in [0, 0.1) is 26.6 Å². The van der Waals surface area contributed by atoms with Gasteiger partial charge in [0.15, 0.2) is 0 Å². The molecule has 0 spiro atoms. The molecule has 0 aromatic heterocycles. The number of carbonyl (C=O) groups is 3. The van der Waals surface area contributed by atoms with Crippen LogP contribution in [-0.2, 0) is 9.59 Å². The highest BCUT2D eigenvalue weighted by Crippen LogP contribution is 2.29. The van der Waals surface area contributed by atoms with Crippen LogP contribution >= 0.6 is 0 Å². The van der Waals surface area contributed by atoms with Crippen LogP contribution in [0.1, 0.15) is 35.1 Å². The van der Waals surface area contributed by atoms with Crippen molar-refractivity contribution in [3.05, 3.63) is 64.0 Å². The lowest BCUT2D eigenvalue weighted by Crippen LogP contribution is -2.54. The van der Waals surface area contributed by atoms with E-state index in [0.29, 0.717) is 16.9 Å². The third-order valence-corrected chi connectivity index (χ3v) is 5.65. The van der Waals surface area contributed by atoms with Crippen LogP contribution in [-0.4, -0.2) is 30.9 Å². The second kappa shape index (κ2) is 7.98. The molecule has 0 atom stereocenters. The van der Waals surface area contributed by atoms with Crippen LogP contribution in [0.3, 0.4) is 0 Å². The zero-order valence-electron chi connectivity index (χ0n) is 17.8. The lowest BCUT2D eigenvalue weighted by molar-refractivity contribution is -0.122. The van der Waals surface area contributed by atoms with Gasteiger partial charge < -0.3 is 4.90 Å². The molecule has 31 heavy (non-hydrogen) atoms. The zero-order valence-corrected chi connectivity index (χ0v) is 17.8. The van der Waals surface area contributed by atoms with Crippen LogP contribution in [0.4, 0.5) is 20.6 Å². The second-order valence-corrected chi connectivity index (χ2v) is 8.16. The SMILES string of the molecule is Cc1cc(C)cc(N2C(=O)NC(=O)/C(=C\c3cc(F)c(N4CCCC4)cc3C)C2=O)c1. The van der Waals surface area contributed by atoms with E-state index in [9.17, 15) is 18.8 Å². The van der Waals surface area contributed by atoms with Crippen LogP contribution in [0.25, 0.3) is 6.08 Å². The summed E-state index contributed by atoms with van der Waals surface area (Å²) in [6.07, 6.45) is 3.41. The Morgan fingerprint density at radius 1 is 0.935 bits per heavy atom. The number of imide groups is 2. The van der Waals surface area contributed by atoms with E-state index in [2.05, 4.69) is 5.32 Å². The molecule has 4 amide bonds. The fourth-order valence-corrected chi connectivity index (χ4v) is 4.16. The highest BCUT2D eigenvalue weighted by molar-refractivity contribution is 6.39. The highest BCUT2D eigenvalue weighted by Gasteiger charge is 2.37. The van der Waals surface area contributed by atoms with Crippen LogP contribution in [0.5, 0.6) is 0 Å². The normalized spacial score (nSPS) is 18.2. The highest BCUT2D eigenvalue weighted by atomic mass is 19.1. The van der Waals surface area contributed by atoms with Crippen molar-refractivity contribution in [3.63, 3.8) is 0 Å². The number of rotatable bonds is 3. The fourth-order valence-electron chi connectivity index (χ4n) is 4.16. The number of nitrogens with zero attached hydrogens (tertiary/aromatic N) is 2. The molecule has 2 aromatic rings. The molecule has 0 saturated carbocycles. The van der Waals surface area contributed by atoms with Gasteiger partial charge in [-0.1, -0.05) is 6.07 Å². The van der Waals surface area contributed by atoms with Gasteiger partial charge >= 0.3 is 6.03 Å². The molecule has 0 radical (unpaired) electrons. The first kappa shape index (κ1) is 20.8. The largest absolute Gasteiger partial charge is 0.369 e. The molecule has 2 saturated heterocycles. The van der Waals surface area contributed by atoms with E-state index in [-0.39, 0.29) is 5.57 Å². The topological polar surface area (TPSA) is 69.7 Å². The Morgan fingerprint density at radius 3 is 2.23 bits per heavy atom. The summed E-state index contributed by atoms with van der Waals surface area (Å²) < 4.78 is 14.8. The van der Waals surface area contributed by atoms with Gasteiger partial charge in [0.1, 0.15) is 11.4 Å². The molecule has 0 aliphatic carbocycles. The monoisotopic (exact) mass is 421 g/mol. The van der Waals surface area contributed by atoms with Crippen molar-refractivity contribution in [2.75, 3.05) is 22.9 Å². The number of carbonyl (C=O) groups excluding carboxylic acids is 3. The van der Waals surface area contributed by atoms with E-state index in [1.165, 1.54) is 12.1 Å². The first-order valence-corrected chi connectivity index (χ1v) is 10.3. The number of nitrogens with one attached hydrogen (secondary N) is 1. The number of hydrogen-bond donors (Lipinski definition) is 1. The van der Waals surface area contributed by atoms with Gasteiger partial charge in [-0.2, -0.15) is 0 Å². The van der Waals surface area contributed by atoms with Gasteiger partial charge in [-0.25, -0.2) is 14.1 Å². The third-order valence-electron chi connectivity index (χ3n) is 5.65. The van der Waals surface area contributed by atoms with Gasteiger partial charge in [0.2, 0.25) is 0 Å². The Labute approximate surface area is 180 Å². The molecule has 2 aliphatic rings. The number of hydrogen-bond acceptors (Lipinski definition) is 4. The van der Waals surface area contributed by atoms with Crippen molar-refractivity contribution in [1.82, 2.24) is 5.32 Å². The summed E-state index contributed by atoms with van der Waals surface area (Å²) in [5.74, 6) is -1.92. The van der Waals surface area contributed by atoms with Gasteiger partial charge in [0.05, 0.1) is 11.4 Å². The Kier molecular flexibility index (Phi) is 5.35. The maximum atomic E-state index is 14.8. The lowest BCUT2D eigenvalue weighted by Gasteiger charge is -2.27. The number of barbiturate groups is 1. The van der Waals surface area contributed by atoms with Gasteiger partial charge in [-0.3, -0.25) is 14.9 Å². The van der Waals surface area contributed by atoms with Crippen molar-refractivity contribution in [1.29, 1.82) is 0 Å². The molecule has 2 aliphatic heterocycles. The zero-order chi connectivity index (χ0) is 22.3. The van der Waals surface area contributed by atoms with E-state index in [0.717, 1.165) is 47.5 Å². The Hall–Kier alpha value is -3.48. The van der Waals surface area contributed by atoms with Crippen LogP contribution in [0.2, 0.25) is 0 Å². The van der Waals surface area contributed by atoms with E-state index in [1.807, 2.05) is 31.7 Å². The standard InChI is InChI=1S/C24H24FN3O3/c1-14-8-15(2)10-18(9-14)28-23(30)19(22(29)26-24(28)31)12-17-13-20(25)21(11-16(17)3)27-6-4-5-7-27/h8-13H,4-7H2,1-3H3,(H,26,29,31)/b19-12+. The number of halogens is 1. The Balaban J connectivity index is 1.72. The molecule has 0 bridgehead atoms. The maximum Gasteiger partial charge on any atom is 0.335 e. The minimum Gasteiger partial charge on any atom is -0.369 e. The van der Waals surface area contributed by atoms with Crippen LogP contribution in [0.15, 0.2) is 35.9 Å². The number of urea groups is 1. The van der Waals surface area contributed by atoms with Crippen molar-refractivity contribution in [3.8, 4) is 0 Å². The van der Waals surface area contributed by atoms with Gasteiger partial charge in [0.25, 0.3) is 11.8 Å². The van der Waals surface area contributed by atoms with Gasteiger partial charge in [-0.15, -0.1) is 0 Å². The minimum absolute atomic E-state index is 0.213. The van der Waals surface area contributed by atoms with E-state index in [1.54, 1.807) is 18.2 Å². The second-order valence-electron chi connectivity index (χ2n) is 8.16. The minimum atomic E-state index is -0.801. The number of amides is 4. The van der Waals surface area contributed by atoms with E-state index in [4.69, 9.17) is 0 Å². The lowest BCUT2D eigenvalue weighted by atomic mass is 10.0. The van der Waals surface area contributed by atoms with E-state index < -0.39 is 23.7 Å². The smallest absolute Gasteiger partial charge is 0.335 e. The van der Waals surface area contributed by atoms with Crippen molar-refractivity contribution >= 4 is 35.3 Å². The van der Waals surface area contributed by atoms with Crippen molar-refractivity contribution < 1.29 is 18.8 Å². The Bertz CT molecular complexity index is 1110. The fraction of sp³-hybridized carbons (Fsp3) is 0.292. The summed E-state index contributed by atoms with van der Waals surface area (Å²) >= 11 is 0.